The van der Waals surface area contributed by atoms with E-state index in [9.17, 15) is 4.39 Å². The van der Waals surface area contributed by atoms with Crippen molar-refractivity contribution in [2.45, 2.75) is 6.42 Å². The maximum atomic E-state index is 11.2. The number of rotatable bonds is 0. The van der Waals surface area contributed by atoms with Gasteiger partial charge in [0.1, 0.15) is 0 Å². The molecule has 0 aliphatic carbocycles. The van der Waals surface area contributed by atoms with Gasteiger partial charge in [-0.25, -0.2) is 4.39 Å². The SMILES string of the molecule is F[C]1CCO1. The Balaban J connectivity index is 2.08. The Bertz CT molecular complexity index is 33.9. The molecule has 1 rings (SSSR count). The lowest BCUT2D eigenvalue weighted by Gasteiger charge is -2.14. The topological polar surface area (TPSA) is 9.23 Å². The van der Waals surface area contributed by atoms with E-state index in [1.54, 1.807) is 0 Å². The normalized spacial score (nSPS) is 25.8. The highest BCUT2D eigenvalue weighted by atomic mass is 19.1. The van der Waals surface area contributed by atoms with Crippen molar-refractivity contribution in [3.63, 3.8) is 0 Å². The molecule has 1 aliphatic rings. The fourth-order valence-corrected chi connectivity index (χ4v) is 0.179. The highest BCUT2D eigenvalue weighted by Gasteiger charge is 2.17. The van der Waals surface area contributed by atoms with Gasteiger partial charge in [0.15, 0.2) is 0 Å². The molecule has 0 spiro atoms. The summed E-state index contributed by atoms with van der Waals surface area (Å²) in [6.45, 7) is 0.575. The van der Waals surface area contributed by atoms with Gasteiger partial charge in [-0.1, -0.05) is 0 Å². The second-order valence-corrected chi connectivity index (χ2v) is 0.954. The Hall–Kier alpha value is -0.110. The largest absolute Gasteiger partial charge is 0.341 e. The highest BCUT2D eigenvalue weighted by Crippen LogP contribution is 2.19. The van der Waals surface area contributed by atoms with E-state index in [-0.39, 0.29) is 6.36 Å². The van der Waals surface area contributed by atoms with Gasteiger partial charge in [0.05, 0.1) is 6.61 Å². The van der Waals surface area contributed by atoms with Crippen LogP contribution in [0, 0.1) is 6.36 Å². The van der Waals surface area contributed by atoms with Gasteiger partial charge in [-0.2, -0.15) is 0 Å². The quantitative estimate of drug-likeness (QED) is 0.415. The zero-order valence-electron chi connectivity index (χ0n) is 2.70. The Morgan fingerprint density at radius 2 is 2.20 bits per heavy atom. The number of ether oxygens (including phenoxy) is 1. The first-order chi connectivity index (χ1) is 2.39. The molecular weight excluding hydrogens is 71.0 g/mol. The minimum atomic E-state index is -0.315. The molecule has 2 heteroatoms. The van der Waals surface area contributed by atoms with E-state index in [0.29, 0.717) is 13.0 Å². The van der Waals surface area contributed by atoms with Crippen molar-refractivity contribution in [3.05, 3.63) is 6.36 Å². The van der Waals surface area contributed by atoms with Gasteiger partial charge in [-0.05, 0) is 0 Å². The maximum Gasteiger partial charge on any atom is 0.270 e. The molecule has 0 N–H and O–H groups in total. The summed E-state index contributed by atoms with van der Waals surface area (Å²) >= 11 is 0. The smallest absolute Gasteiger partial charge is 0.270 e. The molecule has 0 amide bonds. The third-order valence-electron chi connectivity index (χ3n) is 0.557. The molecule has 0 aromatic rings. The van der Waals surface area contributed by atoms with Crippen molar-refractivity contribution in [2.24, 2.45) is 0 Å². The molecule has 0 unspecified atom stereocenters. The predicted octanol–water partition coefficient (Wildman–Crippen LogP) is 0.866. The molecule has 1 nitrogen and oxygen atoms in total. The van der Waals surface area contributed by atoms with Crippen molar-refractivity contribution in [1.82, 2.24) is 0 Å². The van der Waals surface area contributed by atoms with Crippen molar-refractivity contribution >= 4 is 0 Å². The molecule has 29 valence electrons. The van der Waals surface area contributed by atoms with Crippen LogP contribution in [0.2, 0.25) is 0 Å². The van der Waals surface area contributed by atoms with E-state index in [1.807, 2.05) is 0 Å². The fourth-order valence-electron chi connectivity index (χ4n) is 0.179. The average Bonchev–Trinajstić information content (AvgIpc) is 1.30. The molecule has 0 aromatic carbocycles. The molecule has 5 heavy (non-hydrogen) atoms. The first kappa shape index (κ1) is 3.09. The van der Waals surface area contributed by atoms with Crippen LogP contribution in [-0.2, 0) is 4.74 Å². The summed E-state index contributed by atoms with van der Waals surface area (Å²) in [5, 5.41) is 0. The zero-order chi connectivity index (χ0) is 3.70. The van der Waals surface area contributed by atoms with E-state index < -0.39 is 0 Å². The summed E-state index contributed by atoms with van der Waals surface area (Å²) in [5.74, 6) is 0. The standard InChI is InChI=1S/C3H4FO/c4-3-1-2-5-3/h1-2H2. The van der Waals surface area contributed by atoms with E-state index >= 15 is 0 Å². The Kier molecular flexibility index (Phi) is 0.580. The first-order valence-electron chi connectivity index (χ1n) is 1.54. The minimum absolute atomic E-state index is 0.315. The van der Waals surface area contributed by atoms with Gasteiger partial charge in [-0.3, -0.25) is 0 Å². The molecule has 0 bridgehead atoms. The van der Waals surface area contributed by atoms with Gasteiger partial charge in [0.2, 0.25) is 0 Å². The lowest BCUT2D eigenvalue weighted by Crippen LogP contribution is -2.12. The lowest BCUT2D eigenvalue weighted by atomic mass is 10.4. The molecule has 0 aromatic heterocycles. The van der Waals surface area contributed by atoms with Gasteiger partial charge < -0.3 is 4.74 Å². The van der Waals surface area contributed by atoms with Crippen molar-refractivity contribution in [1.29, 1.82) is 0 Å². The van der Waals surface area contributed by atoms with Crippen LogP contribution in [0.4, 0.5) is 4.39 Å². The maximum absolute atomic E-state index is 11.2. The molecule has 1 aliphatic heterocycles. The summed E-state index contributed by atoms with van der Waals surface area (Å²) in [5.41, 5.74) is 0. The Morgan fingerprint density at radius 1 is 1.80 bits per heavy atom. The number of hydrogen-bond acceptors (Lipinski definition) is 1. The van der Waals surface area contributed by atoms with Crippen molar-refractivity contribution < 1.29 is 9.13 Å². The third-order valence-corrected chi connectivity index (χ3v) is 0.557. The van der Waals surface area contributed by atoms with Crippen LogP contribution in [0.15, 0.2) is 0 Å². The van der Waals surface area contributed by atoms with E-state index in [2.05, 4.69) is 4.74 Å². The second-order valence-electron chi connectivity index (χ2n) is 0.954. The summed E-state index contributed by atoms with van der Waals surface area (Å²) in [6, 6.07) is 0. The van der Waals surface area contributed by atoms with Gasteiger partial charge >= 0.3 is 0 Å². The van der Waals surface area contributed by atoms with Gasteiger partial charge in [0, 0.05) is 6.42 Å². The van der Waals surface area contributed by atoms with Crippen molar-refractivity contribution in [2.75, 3.05) is 6.61 Å². The molecular formula is C3H4FO. The molecule has 0 saturated carbocycles. The molecule has 1 saturated heterocycles. The molecule has 0 atom stereocenters. The Labute approximate surface area is 29.7 Å². The summed E-state index contributed by atoms with van der Waals surface area (Å²) < 4.78 is 15.4. The van der Waals surface area contributed by atoms with Gasteiger partial charge in [-0.15, -0.1) is 0 Å². The number of hydrogen-bond donors (Lipinski definition) is 0. The molecule has 1 heterocycles. The predicted molar refractivity (Wildman–Crippen MR) is 14.9 cm³/mol. The summed E-state index contributed by atoms with van der Waals surface area (Å²) in [7, 11) is 0. The van der Waals surface area contributed by atoms with Crippen molar-refractivity contribution in [3.8, 4) is 0 Å². The first-order valence-corrected chi connectivity index (χ1v) is 1.54. The van der Waals surface area contributed by atoms with Crippen LogP contribution in [-0.4, -0.2) is 6.61 Å². The Morgan fingerprint density at radius 3 is 2.20 bits per heavy atom. The fraction of sp³-hybridized carbons (Fsp3) is 0.667. The second kappa shape index (κ2) is 0.937. The average molecular weight is 75.1 g/mol. The summed E-state index contributed by atoms with van der Waals surface area (Å²) in [6.07, 6.45) is 0.199. The lowest BCUT2D eigenvalue weighted by molar-refractivity contribution is -0.0316. The van der Waals surface area contributed by atoms with Crippen LogP contribution in [0.1, 0.15) is 6.42 Å². The van der Waals surface area contributed by atoms with Crippen LogP contribution in [0.25, 0.3) is 0 Å². The molecule has 1 radical (unpaired) electrons. The third kappa shape index (κ3) is 0.401. The van der Waals surface area contributed by atoms with Crippen LogP contribution in [0.3, 0.4) is 0 Å². The van der Waals surface area contributed by atoms with E-state index in [1.165, 1.54) is 0 Å². The van der Waals surface area contributed by atoms with E-state index in [4.69, 9.17) is 0 Å². The molecule has 1 fully saturated rings. The minimum Gasteiger partial charge on any atom is -0.341 e. The van der Waals surface area contributed by atoms with Crippen LogP contribution >= 0.6 is 0 Å². The summed E-state index contributed by atoms with van der Waals surface area (Å²) in [4.78, 5) is 0. The van der Waals surface area contributed by atoms with Gasteiger partial charge in [0.25, 0.3) is 6.36 Å². The van der Waals surface area contributed by atoms with Crippen LogP contribution in [0.5, 0.6) is 0 Å². The monoisotopic (exact) mass is 75.0 g/mol. The van der Waals surface area contributed by atoms with E-state index in [0.717, 1.165) is 0 Å². The highest BCUT2D eigenvalue weighted by molar-refractivity contribution is 4.70. The zero-order valence-corrected chi connectivity index (χ0v) is 2.70. The van der Waals surface area contributed by atoms with Crippen LogP contribution < -0.4 is 0 Å². The number of halogens is 1.